The molecule has 0 saturated carbocycles. The van der Waals surface area contributed by atoms with Crippen LogP contribution in [-0.4, -0.2) is 39.3 Å². The van der Waals surface area contributed by atoms with E-state index in [1.54, 1.807) is 4.90 Å². The fourth-order valence-electron chi connectivity index (χ4n) is 2.35. The molecule has 0 aliphatic carbocycles. The predicted octanol–water partition coefficient (Wildman–Crippen LogP) is 0.0700. The number of hydrogen-bond donors (Lipinski definition) is 2. The Morgan fingerprint density at radius 2 is 1.94 bits per heavy atom. The van der Waals surface area contributed by atoms with Crippen molar-refractivity contribution in [1.29, 1.82) is 0 Å². The molecule has 0 unspecified atom stereocenters. The molecule has 3 N–H and O–H groups in total. The second kappa shape index (κ2) is 7.77. The number of nitrogens with one attached hydrogen (secondary N) is 1. The van der Waals surface area contributed by atoms with Crippen LogP contribution in [0.1, 0.15) is 12.8 Å². The summed E-state index contributed by atoms with van der Waals surface area (Å²) in [5.74, 6) is 0.956. The first kappa shape index (κ1) is 13.8. The van der Waals surface area contributed by atoms with Crippen molar-refractivity contribution in [1.82, 2.24) is 0 Å². The minimum Gasteiger partial charge on any atom is -0.492 e. The van der Waals surface area contributed by atoms with E-state index in [0.717, 1.165) is 23.2 Å². The van der Waals surface area contributed by atoms with Gasteiger partial charge in [0.1, 0.15) is 31.9 Å². The molecule has 0 aromatic heterocycles. The molecule has 1 aromatic carbocycles. The molecule has 0 bridgehead atoms. The number of ether oxygens (including phenoxy) is 1. The van der Waals surface area contributed by atoms with E-state index in [0.29, 0.717) is 0 Å². The number of para-hydroxylation sites is 1. The van der Waals surface area contributed by atoms with Crippen LogP contribution in [0.15, 0.2) is 28.7 Å². The van der Waals surface area contributed by atoms with E-state index in [4.69, 9.17) is 4.74 Å². The second-order valence-electron chi connectivity index (χ2n) is 4.85. The fourth-order valence-corrected chi connectivity index (χ4v) is 2.75. The fraction of sp³-hybridized carbons (Fsp3) is 0.571. The molecule has 0 amide bonds. The van der Waals surface area contributed by atoms with E-state index in [1.165, 1.54) is 39.1 Å². The summed E-state index contributed by atoms with van der Waals surface area (Å²) < 4.78 is 6.81. The Labute approximate surface area is 118 Å². The van der Waals surface area contributed by atoms with Gasteiger partial charge in [0.05, 0.1) is 17.6 Å². The highest BCUT2D eigenvalue weighted by Gasteiger charge is 2.14. The smallest absolute Gasteiger partial charge is 0.133 e. The van der Waals surface area contributed by atoms with Crippen molar-refractivity contribution in [2.45, 2.75) is 12.8 Å². The molecule has 0 spiro atoms. The molecule has 1 aliphatic heterocycles. The van der Waals surface area contributed by atoms with Crippen LogP contribution in [0.25, 0.3) is 0 Å². The molecule has 18 heavy (non-hydrogen) atoms. The van der Waals surface area contributed by atoms with E-state index in [-0.39, 0.29) is 0 Å². The largest absolute Gasteiger partial charge is 0.492 e. The summed E-state index contributed by atoms with van der Waals surface area (Å²) in [5, 5.41) is 2.42. The minimum absolute atomic E-state index is 0.821. The van der Waals surface area contributed by atoms with Crippen LogP contribution in [-0.2, 0) is 0 Å². The molecule has 0 atom stereocenters. The van der Waals surface area contributed by atoms with Gasteiger partial charge in [0.2, 0.25) is 0 Å². The summed E-state index contributed by atoms with van der Waals surface area (Å²) in [4.78, 5) is 1.76. The first-order valence-corrected chi connectivity index (χ1v) is 7.68. The first-order chi connectivity index (χ1) is 8.86. The van der Waals surface area contributed by atoms with Gasteiger partial charge in [-0.1, -0.05) is 12.1 Å². The van der Waals surface area contributed by atoms with E-state index in [9.17, 15) is 0 Å². The third-order valence-electron chi connectivity index (χ3n) is 3.42. The quantitative estimate of drug-likeness (QED) is 0.715. The van der Waals surface area contributed by atoms with E-state index >= 15 is 0 Å². The number of unbranched alkanes of at least 4 members (excludes halogenated alkanes) is 1. The van der Waals surface area contributed by atoms with Gasteiger partial charge in [-0.2, -0.15) is 0 Å². The van der Waals surface area contributed by atoms with Crippen LogP contribution in [0.5, 0.6) is 5.75 Å². The summed E-state index contributed by atoms with van der Waals surface area (Å²) in [6, 6.07) is 8.04. The zero-order chi connectivity index (χ0) is 12.6. The SMILES string of the molecule is Brc1ccccc1OCCCC[NH+]1CC[NH2+]CC1. The molecule has 1 heterocycles. The predicted molar refractivity (Wildman–Crippen MR) is 76.1 cm³/mol. The molecule has 0 radical (unpaired) electrons. The van der Waals surface area contributed by atoms with E-state index in [1.807, 2.05) is 24.3 Å². The van der Waals surface area contributed by atoms with Gasteiger partial charge < -0.3 is 15.0 Å². The van der Waals surface area contributed by atoms with E-state index < -0.39 is 0 Å². The molecule has 4 heteroatoms. The van der Waals surface area contributed by atoms with Gasteiger partial charge in [-0.25, -0.2) is 0 Å². The summed E-state index contributed by atoms with van der Waals surface area (Å²) >= 11 is 3.50. The normalized spacial score (nSPS) is 16.7. The standard InChI is InChI=1S/C14H21BrN2O/c15-13-5-1-2-6-14(13)18-12-4-3-9-17-10-7-16-8-11-17/h1-2,5-6,16H,3-4,7-12H2/p+2. The molecule has 1 fully saturated rings. The lowest BCUT2D eigenvalue weighted by atomic mass is 10.2. The van der Waals surface area contributed by atoms with Crippen LogP contribution < -0.4 is 15.0 Å². The Morgan fingerprint density at radius 3 is 2.72 bits per heavy atom. The Balaban J connectivity index is 1.57. The van der Waals surface area contributed by atoms with Gasteiger partial charge in [-0.15, -0.1) is 0 Å². The minimum atomic E-state index is 0.821. The number of hydrogen-bond acceptors (Lipinski definition) is 1. The van der Waals surface area contributed by atoms with E-state index in [2.05, 4.69) is 21.2 Å². The Hall–Kier alpha value is -0.580. The molecule has 2 rings (SSSR count). The summed E-state index contributed by atoms with van der Waals surface area (Å²) in [5.41, 5.74) is 0. The lowest BCUT2D eigenvalue weighted by molar-refractivity contribution is -0.946. The third kappa shape index (κ3) is 4.59. The summed E-state index contributed by atoms with van der Waals surface area (Å²) in [7, 11) is 0. The molecule has 3 nitrogen and oxygen atoms in total. The number of piperazine rings is 1. The lowest BCUT2D eigenvalue weighted by Gasteiger charge is -2.22. The third-order valence-corrected chi connectivity index (χ3v) is 4.08. The highest BCUT2D eigenvalue weighted by Crippen LogP contribution is 2.23. The molecule has 1 aliphatic rings. The summed E-state index contributed by atoms with van der Waals surface area (Å²) in [6.45, 7) is 7.36. The van der Waals surface area contributed by atoms with Gasteiger partial charge in [0, 0.05) is 0 Å². The van der Waals surface area contributed by atoms with Crippen molar-refractivity contribution in [2.24, 2.45) is 0 Å². The van der Waals surface area contributed by atoms with Crippen LogP contribution in [0.3, 0.4) is 0 Å². The van der Waals surface area contributed by atoms with Crippen LogP contribution in [0, 0.1) is 0 Å². The Kier molecular flexibility index (Phi) is 5.97. The van der Waals surface area contributed by atoms with Crippen molar-refractivity contribution < 1.29 is 15.0 Å². The number of halogens is 1. The molecule has 1 aromatic rings. The van der Waals surface area contributed by atoms with Gasteiger partial charge in [-0.05, 0) is 40.9 Å². The van der Waals surface area contributed by atoms with Gasteiger partial charge >= 0.3 is 0 Å². The molecule has 100 valence electrons. The summed E-state index contributed by atoms with van der Waals surface area (Å²) in [6.07, 6.45) is 2.41. The molecule has 1 saturated heterocycles. The molecular formula is C14H23BrN2O+2. The van der Waals surface area contributed by atoms with Crippen LogP contribution in [0.2, 0.25) is 0 Å². The number of rotatable bonds is 6. The van der Waals surface area contributed by atoms with Crippen molar-refractivity contribution in [3.8, 4) is 5.75 Å². The number of benzene rings is 1. The van der Waals surface area contributed by atoms with Gasteiger partial charge in [-0.3, -0.25) is 0 Å². The Morgan fingerprint density at radius 1 is 1.17 bits per heavy atom. The zero-order valence-electron chi connectivity index (χ0n) is 10.8. The average Bonchev–Trinajstić information content (AvgIpc) is 2.42. The van der Waals surface area contributed by atoms with Crippen molar-refractivity contribution >= 4 is 15.9 Å². The highest BCUT2D eigenvalue weighted by molar-refractivity contribution is 9.10. The Bertz CT molecular complexity index is 353. The second-order valence-corrected chi connectivity index (χ2v) is 5.71. The van der Waals surface area contributed by atoms with Crippen molar-refractivity contribution in [3.05, 3.63) is 28.7 Å². The molecular weight excluding hydrogens is 292 g/mol. The number of nitrogens with two attached hydrogens (primary N) is 1. The maximum Gasteiger partial charge on any atom is 0.133 e. The maximum atomic E-state index is 5.76. The lowest BCUT2D eigenvalue weighted by Crippen LogP contribution is -3.20. The van der Waals surface area contributed by atoms with Gasteiger partial charge in [0.25, 0.3) is 0 Å². The van der Waals surface area contributed by atoms with Crippen molar-refractivity contribution in [3.63, 3.8) is 0 Å². The van der Waals surface area contributed by atoms with Gasteiger partial charge in [0.15, 0.2) is 0 Å². The number of quaternary nitrogens is 2. The topological polar surface area (TPSA) is 30.3 Å². The zero-order valence-corrected chi connectivity index (χ0v) is 12.4. The average molecular weight is 315 g/mol. The van der Waals surface area contributed by atoms with Crippen LogP contribution >= 0.6 is 15.9 Å². The van der Waals surface area contributed by atoms with Crippen molar-refractivity contribution in [2.75, 3.05) is 39.3 Å². The van der Waals surface area contributed by atoms with Crippen LogP contribution in [0.4, 0.5) is 0 Å². The first-order valence-electron chi connectivity index (χ1n) is 6.89. The monoisotopic (exact) mass is 314 g/mol. The maximum absolute atomic E-state index is 5.76. The highest BCUT2D eigenvalue weighted by atomic mass is 79.9.